The van der Waals surface area contributed by atoms with Gasteiger partial charge in [-0.3, -0.25) is 0 Å². The first kappa shape index (κ1) is 11.8. The van der Waals surface area contributed by atoms with Gasteiger partial charge in [-0.15, -0.1) is 11.3 Å². The molecule has 1 fully saturated rings. The molecule has 1 N–H and O–H groups in total. The van der Waals surface area contributed by atoms with Gasteiger partial charge in [0.2, 0.25) is 0 Å². The van der Waals surface area contributed by atoms with Crippen molar-refractivity contribution < 1.29 is 4.74 Å². The molecule has 1 aliphatic rings. The minimum atomic E-state index is 0.229. The van der Waals surface area contributed by atoms with Crippen molar-refractivity contribution in [2.75, 3.05) is 38.2 Å². The van der Waals surface area contributed by atoms with E-state index in [0.717, 1.165) is 42.3 Å². The highest BCUT2D eigenvalue weighted by molar-refractivity contribution is 7.16. The second-order valence-corrected chi connectivity index (χ2v) is 5.31. The minimum absolute atomic E-state index is 0.229. The van der Waals surface area contributed by atoms with Crippen LogP contribution in [0.2, 0.25) is 0 Å². The van der Waals surface area contributed by atoms with Crippen molar-refractivity contribution in [2.24, 2.45) is 0 Å². The summed E-state index contributed by atoms with van der Waals surface area (Å²) in [6.07, 6.45) is 1.86. The van der Waals surface area contributed by atoms with Crippen molar-refractivity contribution in [3.8, 4) is 0 Å². The lowest BCUT2D eigenvalue weighted by Crippen LogP contribution is -2.44. The van der Waals surface area contributed by atoms with Crippen LogP contribution in [0.3, 0.4) is 0 Å². The standard InChI is InChI=1S/C12H16N4OS/c1-16(7-9-6-13-3-4-17-9)11-10-2-5-18-12(10)15-8-14-11/h2,5,8-9,13H,3-4,6-7H2,1H3. The van der Waals surface area contributed by atoms with E-state index < -0.39 is 0 Å². The zero-order valence-electron chi connectivity index (χ0n) is 10.3. The summed E-state index contributed by atoms with van der Waals surface area (Å²) < 4.78 is 5.72. The molecule has 1 unspecified atom stereocenters. The second-order valence-electron chi connectivity index (χ2n) is 4.41. The van der Waals surface area contributed by atoms with Gasteiger partial charge in [0.1, 0.15) is 17.0 Å². The number of ether oxygens (including phenoxy) is 1. The van der Waals surface area contributed by atoms with Crippen LogP contribution in [0.5, 0.6) is 0 Å². The quantitative estimate of drug-likeness (QED) is 0.900. The van der Waals surface area contributed by atoms with Gasteiger partial charge < -0.3 is 15.0 Å². The lowest BCUT2D eigenvalue weighted by Gasteiger charge is -2.28. The average Bonchev–Trinajstić information content (AvgIpc) is 2.87. The number of hydrogen-bond acceptors (Lipinski definition) is 6. The van der Waals surface area contributed by atoms with Crippen LogP contribution in [0.4, 0.5) is 5.82 Å². The van der Waals surface area contributed by atoms with Crippen LogP contribution in [-0.2, 0) is 4.74 Å². The Hall–Kier alpha value is -1.24. The second kappa shape index (κ2) is 5.17. The van der Waals surface area contributed by atoms with Crippen LogP contribution in [0.1, 0.15) is 0 Å². The van der Waals surface area contributed by atoms with Gasteiger partial charge in [0.15, 0.2) is 0 Å². The van der Waals surface area contributed by atoms with Gasteiger partial charge in [-0.05, 0) is 11.4 Å². The third-order valence-corrected chi connectivity index (χ3v) is 3.90. The molecular weight excluding hydrogens is 248 g/mol. The molecule has 2 aromatic rings. The summed E-state index contributed by atoms with van der Waals surface area (Å²) >= 11 is 1.64. The maximum atomic E-state index is 5.72. The Kier molecular flexibility index (Phi) is 3.40. The maximum absolute atomic E-state index is 5.72. The Balaban J connectivity index is 1.78. The third-order valence-electron chi connectivity index (χ3n) is 3.08. The highest BCUT2D eigenvalue weighted by atomic mass is 32.1. The van der Waals surface area contributed by atoms with Crippen LogP contribution >= 0.6 is 11.3 Å². The minimum Gasteiger partial charge on any atom is -0.374 e. The molecule has 3 rings (SSSR count). The first-order chi connectivity index (χ1) is 8.84. The third kappa shape index (κ3) is 2.31. The van der Waals surface area contributed by atoms with E-state index >= 15 is 0 Å². The van der Waals surface area contributed by atoms with Crippen LogP contribution in [-0.4, -0.2) is 49.4 Å². The molecule has 0 bridgehead atoms. The van der Waals surface area contributed by atoms with Gasteiger partial charge in [0, 0.05) is 26.7 Å². The van der Waals surface area contributed by atoms with E-state index in [-0.39, 0.29) is 6.10 Å². The number of likely N-dealkylation sites (N-methyl/N-ethyl adjacent to an activating group) is 1. The van der Waals surface area contributed by atoms with Crippen LogP contribution in [0.15, 0.2) is 17.8 Å². The summed E-state index contributed by atoms with van der Waals surface area (Å²) in [6, 6.07) is 2.08. The van der Waals surface area contributed by atoms with E-state index in [1.807, 2.05) is 0 Å². The van der Waals surface area contributed by atoms with E-state index in [9.17, 15) is 0 Å². The molecule has 1 atom stereocenters. The first-order valence-corrected chi connectivity index (χ1v) is 6.94. The Bertz CT molecular complexity index is 524. The zero-order valence-corrected chi connectivity index (χ0v) is 11.1. The number of rotatable bonds is 3. The maximum Gasteiger partial charge on any atom is 0.140 e. The summed E-state index contributed by atoms with van der Waals surface area (Å²) in [5.41, 5.74) is 0. The summed E-state index contributed by atoms with van der Waals surface area (Å²) in [4.78, 5) is 11.8. The van der Waals surface area contributed by atoms with Crippen molar-refractivity contribution in [2.45, 2.75) is 6.10 Å². The molecule has 6 heteroatoms. The van der Waals surface area contributed by atoms with Crippen molar-refractivity contribution in [1.29, 1.82) is 0 Å². The van der Waals surface area contributed by atoms with Crippen LogP contribution in [0, 0.1) is 0 Å². The number of anilines is 1. The molecule has 0 spiro atoms. The number of nitrogens with zero attached hydrogens (tertiary/aromatic N) is 3. The Labute approximate surface area is 110 Å². The Morgan fingerprint density at radius 1 is 1.56 bits per heavy atom. The van der Waals surface area contributed by atoms with Gasteiger partial charge in [-0.25, -0.2) is 9.97 Å². The molecule has 96 valence electrons. The van der Waals surface area contributed by atoms with Gasteiger partial charge in [0.25, 0.3) is 0 Å². The fourth-order valence-electron chi connectivity index (χ4n) is 2.21. The Morgan fingerprint density at radius 3 is 3.33 bits per heavy atom. The van der Waals surface area contributed by atoms with Gasteiger partial charge in [0.05, 0.1) is 18.1 Å². The van der Waals surface area contributed by atoms with Crippen molar-refractivity contribution >= 4 is 27.4 Å². The average molecular weight is 264 g/mol. The van der Waals surface area contributed by atoms with Crippen molar-refractivity contribution in [3.05, 3.63) is 17.8 Å². The molecule has 0 radical (unpaired) electrons. The number of hydrogen-bond donors (Lipinski definition) is 1. The molecule has 0 aromatic carbocycles. The van der Waals surface area contributed by atoms with E-state index in [2.05, 4.69) is 38.7 Å². The normalized spacial score (nSPS) is 20.2. The number of fused-ring (bicyclic) bond motifs is 1. The summed E-state index contributed by atoms with van der Waals surface area (Å²) in [5.74, 6) is 0.982. The molecule has 0 amide bonds. The molecule has 1 saturated heterocycles. The molecule has 2 aromatic heterocycles. The summed E-state index contributed by atoms with van der Waals surface area (Å²) in [7, 11) is 2.05. The number of nitrogens with one attached hydrogen (secondary N) is 1. The molecular formula is C12H16N4OS. The molecule has 3 heterocycles. The zero-order chi connectivity index (χ0) is 12.4. The number of aromatic nitrogens is 2. The van der Waals surface area contributed by atoms with E-state index in [4.69, 9.17) is 4.74 Å². The van der Waals surface area contributed by atoms with E-state index in [1.165, 1.54) is 0 Å². The number of thiophene rings is 1. The fraction of sp³-hybridized carbons (Fsp3) is 0.500. The first-order valence-electron chi connectivity index (χ1n) is 6.06. The predicted molar refractivity (Wildman–Crippen MR) is 73.3 cm³/mol. The molecule has 0 aliphatic carbocycles. The molecule has 1 aliphatic heterocycles. The number of morpholine rings is 1. The SMILES string of the molecule is CN(CC1CNCCO1)c1ncnc2sccc12. The molecule has 0 saturated carbocycles. The van der Waals surface area contributed by atoms with E-state index in [1.54, 1.807) is 17.7 Å². The Morgan fingerprint density at radius 2 is 2.50 bits per heavy atom. The highest BCUT2D eigenvalue weighted by Crippen LogP contribution is 2.26. The summed E-state index contributed by atoms with van der Waals surface area (Å²) in [6.45, 7) is 3.48. The van der Waals surface area contributed by atoms with Gasteiger partial charge in [-0.1, -0.05) is 0 Å². The van der Waals surface area contributed by atoms with Gasteiger partial charge >= 0.3 is 0 Å². The van der Waals surface area contributed by atoms with Crippen molar-refractivity contribution in [1.82, 2.24) is 15.3 Å². The smallest absolute Gasteiger partial charge is 0.140 e. The van der Waals surface area contributed by atoms with Crippen molar-refractivity contribution in [3.63, 3.8) is 0 Å². The monoisotopic (exact) mass is 264 g/mol. The van der Waals surface area contributed by atoms with Gasteiger partial charge in [-0.2, -0.15) is 0 Å². The van der Waals surface area contributed by atoms with E-state index in [0.29, 0.717) is 0 Å². The lowest BCUT2D eigenvalue weighted by molar-refractivity contribution is 0.0339. The topological polar surface area (TPSA) is 50.3 Å². The largest absolute Gasteiger partial charge is 0.374 e. The van der Waals surface area contributed by atoms with Crippen LogP contribution in [0.25, 0.3) is 10.2 Å². The lowest BCUT2D eigenvalue weighted by atomic mass is 10.2. The van der Waals surface area contributed by atoms with Crippen LogP contribution < -0.4 is 10.2 Å². The molecule has 18 heavy (non-hydrogen) atoms. The summed E-state index contributed by atoms with van der Waals surface area (Å²) in [5, 5.41) is 6.51. The highest BCUT2D eigenvalue weighted by Gasteiger charge is 2.17. The predicted octanol–water partition coefficient (Wildman–Crippen LogP) is 1.12. The fourth-order valence-corrected chi connectivity index (χ4v) is 2.94. The molecule has 5 nitrogen and oxygen atoms in total.